The number of rotatable bonds is 3. The molecule has 0 radical (unpaired) electrons. The highest BCUT2D eigenvalue weighted by molar-refractivity contribution is 5.01. The quantitative estimate of drug-likeness (QED) is 0.761. The van der Waals surface area contributed by atoms with Crippen LogP contribution in [0.4, 0.5) is 0 Å². The Hall–Kier alpha value is -0.550. The first kappa shape index (κ1) is 14.9. The topological polar surface area (TPSA) is 27.0 Å². The molecule has 0 amide bonds. The van der Waals surface area contributed by atoms with Gasteiger partial charge in [-0.15, -0.1) is 0 Å². The van der Waals surface area contributed by atoms with Crippen molar-refractivity contribution in [2.45, 2.75) is 78.3 Å². The van der Waals surface area contributed by atoms with E-state index >= 15 is 0 Å². The number of hydrogen-bond donors (Lipinski definition) is 0. The van der Waals surface area contributed by atoms with Gasteiger partial charge in [0.2, 0.25) is 0 Å². The van der Waals surface area contributed by atoms with Gasteiger partial charge in [-0.25, -0.2) is 0 Å². The van der Waals surface area contributed by atoms with E-state index in [1.54, 1.807) is 0 Å². The maximum Gasteiger partial charge on any atom is 0.0672 e. The van der Waals surface area contributed by atoms with Crippen LogP contribution in [0.25, 0.3) is 0 Å². The summed E-state index contributed by atoms with van der Waals surface area (Å²) in [5.41, 5.74) is 0.432. The SMILES string of the molecule is CCC(C)(C)C1CCC(C#N)C(N2CCCC2C)C1. The largest absolute Gasteiger partial charge is 0.296 e. The third kappa shape index (κ3) is 2.97. The van der Waals surface area contributed by atoms with Crippen LogP contribution in [0.1, 0.15) is 66.2 Å². The standard InChI is InChI=1S/C17H30N2/c1-5-17(3,4)15-9-8-14(12-18)16(11-15)19-10-6-7-13(19)2/h13-16H,5-11H2,1-4H3. The Morgan fingerprint density at radius 1 is 1.26 bits per heavy atom. The van der Waals surface area contributed by atoms with Crippen molar-refractivity contribution in [3.05, 3.63) is 0 Å². The molecular formula is C17H30N2. The molecule has 0 N–H and O–H groups in total. The van der Waals surface area contributed by atoms with Crippen LogP contribution in [-0.2, 0) is 0 Å². The molecular weight excluding hydrogens is 232 g/mol. The molecule has 1 heterocycles. The smallest absolute Gasteiger partial charge is 0.0672 e. The van der Waals surface area contributed by atoms with Gasteiger partial charge in [0, 0.05) is 12.1 Å². The van der Waals surface area contributed by atoms with Crippen LogP contribution in [0, 0.1) is 28.6 Å². The molecule has 2 fully saturated rings. The van der Waals surface area contributed by atoms with Gasteiger partial charge in [-0.05, 0) is 56.9 Å². The molecule has 0 aromatic carbocycles. The summed E-state index contributed by atoms with van der Waals surface area (Å²) in [6, 6.07) is 3.80. The lowest BCUT2D eigenvalue weighted by Gasteiger charge is -2.45. The lowest BCUT2D eigenvalue weighted by Crippen LogP contribution is -2.47. The Labute approximate surface area is 119 Å². The molecule has 2 heteroatoms. The third-order valence-corrected chi connectivity index (χ3v) is 6.03. The molecule has 2 rings (SSSR count). The fourth-order valence-corrected chi connectivity index (χ4v) is 4.11. The Morgan fingerprint density at radius 2 is 2.00 bits per heavy atom. The second-order valence-corrected chi connectivity index (χ2v) is 7.38. The zero-order chi connectivity index (χ0) is 14.0. The second-order valence-electron chi connectivity index (χ2n) is 7.38. The Bertz CT molecular complexity index is 342. The van der Waals surface area contributed by atoms with Gasteiger partial charge in [0.25, 0.3) is 0 Å². The van der Waals surface area contributed by atoms with E-state index in [1.807, 2.05) is 0 Å². The molecule has 0 aromatic heterocycles. The fourth-order valence-electron chi connectivity index (χ4n) is 4.11. The van der Waals surface area contributed by atoms with E-state index in [-0.39, 0.29) is 5.92 Å². The summed E-state index contributed by atoms with van der Waals surface area (Å²) < 4.78 is 0. The van der Waals surface area contributed by atoms with Crippen molar-refractivity contribution in [3.63, 3.8) is 0 Å². The summed E-state index contributed by atoms with van der Waals surface area (Å²) in [6.07, 6.45) is 7.48. The van der Waals surface area contributed by atoms with Gasteiger partial charge < -0.3 is 0 Å². The van der Waals surface area contributed by atoms with Crippen LogP contribution in [0.2, 0.25) is 0 Å². The van der Waals surface area contributed by atoms with Gasteiger partial charge in [0.1, 0.15) is 0 Å². The molecule has 4 unspecified atom stereocenters. The number of nitrogens with zero attached hydrogens (tertiary/aromatic N) is 2. The molecule has 1 saturated heterocycles. The molecule has 1 saturated carbocycles. The molecule has 4 atom stereocenters. The maximum absolute atomic E-state index is 9.48. The van der Waals surface area contributed by atoms with E-state index in [0.29, 0.717) is 17.5 Å². The molecule has 1 aliphatic heterocycles. The van der Waals surface area contributed by atoms with E-state index < -0.39 is 0 Å². The van der Waals surface area contributed by atoms with Crippen molar-refractivity contribution in [3.8, 4) is 6.07 Å². The highest BCUT2D eigenvalue weighted by Crippen LogP contribution is 2.44. The first-order valence-electron chi connectivity index (χ1n) is 8.15. The fraction of sp³-hybridized carbons (Fsp3) is 0.941. The Kier molecular flexibility index (Phi) is 4.56. The number of likely N-dealkylation sites (tertiary alicyclic amines) is 1. The highest BCUT2D eigenvalue weighted by Gasteiger charge is 2.41. The number of hydrogen-bond acceptors (Lipinski definition) is 2. The van der Waals surface area contributed by atoms with Gasteiger partial charge in [0.15, 0.2) is 0 Å². The van der Waals surface area contributed by atoms with Crippen molar-refractivity contribution >= 4 is 0 Å². The van der Waals surface area contributed by atoms with Crippen molar-refractivity contribution in [2.75, 3.05) is 6.54 Å². The Morgan fingerprint density at radius 3 is 2.53 bits per heavy atom. The molecule has 2 aliphatic rings. The van der Waals surface area contributed by atoms with Crippen molar-refractivity contribution in [2.24, 2.45) is 17.3 Å². The predicted octanol–water partition coefficient (Wildman–Crippen LogP) is 4.22. The average molecular weight is 262 g/mol. The zero-order valence-electron chi connectivity index (χ0n) is 13.2. The molecule has 0 aromatic rings. The summed E-state index contributed by atoms with van der Waals surface area (Å²) in [5, 5.41) is 9.48. The van der Waals surface area contributed by atoms with E-state index in [4.69, 9.17) is 0 Å². The van der Waals surface area contributed by atoms with E-state index in [0.717, 1.165) is 12.3 Å². The molecule has 0 spiro atoms. The molecule has 108 valence electrons. The normalized spacial score (nSPS) is 37.2. The highest BCUT2D eigenvalue weighted by atomic mass is 15.2. The van der Waals surface area contributed by atoms with Crippen LogP contribution < -0.4 is 0 Å². The summed E-state index contributed by atoms with van der Waals surface area (Å²) in [5.74, 6) is 1.06. The van der Waals surface area contributed by atoms with Gasteiger partial charge in [-0.3, -0.25) is 4.90 Å². The molecule has 1 aliphatic carbocycles. The van der Waals surface area contributed by atoms with Gasteiger partial charge in [-0.1, -0.05) is 27.2 Å². The van der Waals surface area contributed by atoms with Gasteiger partial charge in [-0.2, -0.15) is 5.26 Å². The van der Waals surface area contributed by atoms with Gasteiger partial charge in [0.05, 0.1) is 12.0 Å². The summed E-state index contributed by atoms with van der Waals surface area (Å²) in [7, 11) is 0. The van der Waals surface area contributed by atoms with Crippen molar-refractivity contribution in [1.29, 1.82) is 5.26 Å². The van der Waals surface area contributed by atoms with Crippen LogP contribution in [0.5, 0.6) is 0 Å². The lowest BCUT2D eigenvalue weighted by molar-refractivity contribution is 0.0483. The van der Waals surface area contributed by atoms with Crippen molar-refractivity contribution in [1.82, 2.24) is 4.90 Å². The maximum atomic E-state index is 9.48. The molecule has 2 nitrogen and oxygen atoms in total. The minimum Gasteiger partial charge on any atom is -0.296 e. The van der Waals surface area contributed by atoms with Gasteiger partial charge >= 0.3 is 0 Å². The lowest BCUT2D eigenvalue weighted by atomic mass is 9.66. The van der Waals surface area contributed by atoms with Crippen molar-refractivity contribution < 1.29 is 0 Å². The van der Waals surface area contributed by atoms with Crippen LogP contribution in [-0.4, -0.2) is 23.5 Å². The predicted molar refractivity (Wildman–Crippen MR) is 79.7 cm³/mol. The average Bonchev–Trinajstić information content (AvgIpc) is 2.84. The molecule has 0 bridgehead atoms. The van der Waals surface area contributed by atoms with E-state index in [2.05, 4.69) is 38.7 Å². The summed E-state index contributed by atoms with van der Waals surface area (Å²) in [4.78, 5) is 2.64. The first-order valence-corrected chi connectivity index (χ1v) is 8.15. The third-order valence-electron chi connectivity index (χ3n) is 6.03. The monoisotopic (exact) mass is 262 g/mol. The Balaban J connectivity index is 2.11. The minimum atomic E-state index is 0.268. The van der Waals surface area contributed by atoms with E-state index in [1.165, 1.54) is 38.6 Å². The van der Waals surface area contributed by atoms with Crippen LogP contribution in [0.15, 0.2) is 0 Å². The number of nitriles is 1. The second kappa shape index (κ2) is 5.83. The zero-order valence-corrected chi connectivity index (χ0v) is 13.2. The van der Waals surface area contributed by atoms with Crippen LogP contribution >= 0.6 is 0 Å². The van der Waals surface area contributed by atoms with Crippen LogP contribution in [0.3, 0.4) is 0 Å². The summed E-state index contributed by atoms with van der Waals surface area (Å²) >= 11 is 0. The molecule has 19 heavy (non-hydrogen) atoms. The van der Waals surface area contributed by atoms with E-state index in [9.17, 15) is 5.26 Å². The first-order chi connectivity index (χ1) is 8.99. The minimum absolute atomic E-state index is 0.268. The summed E-state index contributed by atoms with van der Waals surface area (Å²) in [6.45, 7) is 10.7.